The molecule has 1 atom stereocenters. The molecule has 0 aliphatic carbocycles. The molecule has 0 aromatic carbocycles. The summed E-state index contributed by atoms with van der Waals surface area (Å²) in [7, 11) is 0. The van der Waals surface area contributed by atoms with E-state index < -0.39 is 6.23 Å². The van der Waals surface area contributed by atoms with Crippen molar-refractivity contribution >= 4 is 27.9 Å². The van der Waals surface area contributed by atoms with Crippen molar-refractivity contribution in [2.45, 2.75) is 13.2 Å². The lowest BCUT2D eigenvalue weighted by Crippen LogP contribution is -2.21. The van der Waals surface area contributed by atoms with Crippen LogP contribution in [0, 0.1) is 6.92 Å². The van der Waals surface area contributed by atoms with Gasteiger partial charge in [-0.15, -0.1) is 0 Å². The largest absolute Gasteiger partial charge is 0.368 e. The highest BCUT2D eigenvalue weighted by Gasteiger charge is 2.22. The van der Waals surface area contributed by atoms with E-state index in [9.17, 15) is 5.11 Å². The van der Waals surface area contributed by atoms with Gasteiger partial charge < -0.3 is 10.0 Å². The number of anilines is 1. The van der Waals surface area contributed by atoms with E-state index in [0.717, 1.165) is 26.1 Å². The standard InChI is InChI=1S/C15H14N4OS2/c1-3-19(14(20)12-6-8-17-22-12)15-10(2)18-13(21-15)11-5-4-7-16-9-11/h3-9,14,20H,1H2,2H3. The number of aryl methyl sites for hydroxylation is 1. The predicted molar refractivity (Wildman–Crippen MR) is 89.8 cm³/mol. The molecule has 0 aliphatic heterocycles. The molecule has 0 spiro atoms. The van der Waals surface area contributed by atoms with E-state index in [1.54, 1.807) is 35.8 Å². The molecule has 0 saturated carbocycles. The van der Waals surface area contributed by atoms with Gasteiger partial charge in [0.15, 0.2) is 6.23 Å². The Hall–Kier alpha value is -2.09. The van der Waals surface area contributed by atoms with Crippen LogP contribution < -0.4 is 4.90 Å². The molecular formula is C15H14N4OS2. The Morgan fingerprint density at radius 2 is 2.23 bits per heavy atom. The van der Waals surface area contributed by atoms with Crippen LogP contribution in [0.3, 0.4) is 0 Å². The van der Waals surface area contributed by atoms with Crippen LogP contribution in [-0.4, -0.2) is 19.4 Å². The van der Waals surface area contributed by atoms with E-state index in [1.165, 1.54) is 22.9 Å². The van der Waals surface area contributed by atoms with Gasteiger partial charge >= 0.3 is 0 Å². The number of nitrogens with zero attached hydrogens (tertiary/aromatic N) is 4. The van der Waals surface area contributed by atoms with Gasteiger partial charge in [-0.2, -0.15) is 0 Å². The molecule has 0 radical (unpaired) electrons. The lowest BCUT2D eigenvalue weighted by molar-refractivity contribution is 0.187. The van der Waals surface area contributed by atoms with Gasteiger partial charge in [0.25, 0.3) is 0 Å². The van der Waals surface area contributed by atoms with Gasteiger partial charge in [-0.25, -0.2) is 9.36 Å². The smallest absolute Gasteiger partial charge is 0.168 e. The zero-order valence-electron chi connectivity index (χ0n) is 11.9. The Balaban J connectivity index is 1.96. The van der Waals surface area contributed by atoms with Gasteiger partial charge in [0.05, 0.1) is 10.6 Å². The molecule has 0 bridgehead atoms. The highest BCUT2D eigenvalue weighted by molar-refractivity contribution is 7.19. The van der Waals surface area contributed by atoms with Crippen molar-refractivity contribution in [2.24, 2.45) is 0 Å². The van der Waals surface area contributed by atoms with E-state index >= 15 is 0 Å². The van der Waals surface area contributed by atoms with Crippen molar-refractivity contribution in [3.8, 4) is 10.6 Å². The number of aromatic nitrogens is 3. The molecule has 0 saturated heterocycles. The average molecular weight is 330 g/mol. The van der Waals surface area contributed by atoms with Gasteiger partial charge in [-0.3, -0.25) is 4.98 Å². The number of hydrogen-bond donors (Lipinski definition) is 1. The summed E-state index contributed by atoms with van der Waals surface area (Å²) < 4.78 is 4.03. The Bertz CT molecular complexity index is 755. The van der Waals surface area contributed by atoms with Crippen molar-refractivity contribution in [3.05, 3.63) is 60.1 Å². The average Bonchev–Trinajstić information content (AvgIpc) is 3.19. The molecular weight excluding hydrogens is 316 g/mol. The van der Waals surface area contributed by atoms with Crippen molar-refractivity contribution < 1.29 is 5.11 Å². The zero-order chi connectivity index (χ0) is 15.5. The fourth-order valence-electron chi connectivity index (χ4n) is 2.03. The van der Waals surface area contributed by atoms with Crippen LogP contribution in [-0.2, 0) is 0 Å². The molecule has 3 aromatic heterocycles. The van der Waals surface area contributed by atoms with Crippen LogP contribution in [0.1, 0.15) is 16.8 Å². The second-order valence-electron chi connectivity index (χ2n) is 4.53. The summed E-state index contributed by atoms with van der Waals surface area (Å²) in [4.78, 5) is 11.2. The molecule has 112 valence electrons. The molecule has 3 aromatic rings. The molecule has 0 amide bonds. The first-order chi connectivity index (χ1) is 10.7. The minimum Gasteiger partial charge on any atom is -0.368 e. The molecule has 1 N–H and O–H groups in total. The van der Waals surface area contributed by atoms with Crippen molar-refractivity contribution in [1.29, 1.82) is 0 Å². The highest BCUT2D eigenvalue weighted by Crippen LogP contribution is 2.38. The fraction of sp³-hybridized carbons (Fsp3) is 0.133. The molecule has 7 heteroatoms. The summed E-state index contributed by atoms with van der Waals surface area (Å²) in [5, 5.41) is 12.2. The number of aliphatic hydroxyl groups excluding tert-OH is 1. The van der Waals surface area contributed by atoms with Crippen LogP contribution in [0.4, 0.5) is 5.00 Å². The monoisotopic (exact) mass is 330 g/mol. The maximum atomic E-state index is 10.5. The number of aliphatic hydroxyl groups is 1. The molecule has 5 nitrogen and oxygen atoms in total. The molecule has 3 rings (SSSR count). The lowest BCUT2D eigenvalue weighted by Gasteiger charge is -2.23. The molecule has 22 heavy (non-hydrogen) atoms. The van der Waals surface area contributed by atoms with Crippen LogP contribution in [0.25, 0.3) is 10.6 Å². The van der Waals surface area contributed by atoms with Crippen molar-refractivity contribution in [2.75, 3.05) is 4.90 Å². The van der Waals surface area contributed by atoms with Crippen molar-refractivity contribution in [1.82, 2.24) is 14.3 Å². The van der Waals surface area contributed by atoms with Crippen LogP contribution in [0.15, 0.2) is 49.6 Å². The summed E-state index contributed by atoms with van der Waals surface area (Å²) in [5.41, 5.74) is 1.80. The topological polar surface area (TPSA) is 62.1 Å². The Morgan fingerprint density at radius 3 is 2.86 bits per heavy atom. The predicted octanol–water partition coefficient (Wildman–Crippen LogP) is 3.61. The lowest BCUT2D eigenvalue weighted by atomic mass is 10.3. The second-order valence-corrected chi connectivity index (χ2v) is 6.37. The first-order valence-electron chi connectivity index (χ1n) is 6.58. The quantitative estimate of drug-likeness (QED) is 0.724. The van der Waals surface area contributed by atoms with E-state index in [0.29, 0.717) is 0 Å². The summed E-state index contributed by atoms with van der Waals surface area (Å²) in [6.07, 6.45) is 5.98. The fourth-order valence-corrected chi connectivity index (χ4v) is 3.68. The van der Waals surface area contributed by atoms with E-state index in [1.807, 2.05) is 19.1 Å². The first-order valence-corrected chi connectivity index (χ1v) is 8.17. The maximum Gasteiger partial charge on any atom is 0.168 e. The summed E-state index contributed by atoms with van der Waals surface area (Å²) in [5.74, 6) is 0. The Kier molecular flexibility index (Phi) is 4.28. The van der Waals surface area contributed by atoms with E-state index in [-0.39, 0.29) is 0 Å². The molecule has 3 heterocycles. The third-order valence-electron chi connectivity index (χ3n) is 3.09. The van der Waals surface area contributed by atoms with Gasteiger partial charge in [0, 0.05) is 30.4 Å². The summed E-state index contributed by atoms with van der Waals surface area (Å²) >= 11 is 2.76. The van der Waals surface area contributed by atoms with E-state index in [4.69, 9.17) is 0 Å². The zero-order valence-corrected chi connectivity index (χ0v) is 13.5. The van der Waals surface area contributed by atoms with Gasteiger partial charge in [-0.05, 0) is 36.7 Å². The molecule has 0 aliphatic rings. The van der Waals surface area contributed by atoms with Gasteiger partial charge in [0.1, 0.15) is 10.0 Å². The molecule has 0 fully saturated rings. The highest BCUT2D eigenvalue weighted by atomic mass is 32.1. The maximum absolute atomic E-state index is 10.5. The third kappa shape index (κ3) is 2.78. The van der Waals surface area contributed by atoms with Crippen LogP contribution in [0.2, 0.25) is 0 Å². The SMILES string of the molecule is C=CN(c1sc(-c2cccnc2)nc1C)C(O)c1ccns1. The molecule has 1 unspecified atom stereocenters. The summed E-state index contributed by atoms with van der Waals surface area (Å²) in [6.45, 7) is 5.73. The van der Waals surface area contributed by atoms with Crippen molar-refractivity contribution in [3.63, 3.8) is 0 Å². The van der Waals surface area contributed by atoms with E-state index in [2.05, 4.69) is 20.9 Å². The number of rotatable bonds is 5. The van der Waals surface area contributed by atoms with Gasteiger partial charge in [0.2, 0.25) is 0 Å². The minimum absolute atomic E-state index is 0.760. The third-order valence-corrected chi connectivity index (χ3v) is 5.09. The van der Waals surface area contributed by atoms with Crippen LogP contribution in [0.5, 0.6) is 0 Å². The Labute approximate surface area is 136 Å². The Morgan fingerprint density at radius 1 is 1.36 bits per heavy atom. The summed E-state index contributed by atoms with van der Waals surface area (Å²) in [6, 6.07) is 5.64. The second kappa shape index (κ2) is 6.35. The minimum atomic E-state index is -0.814. The normalized spacial score (nSPS) is 12.1. The van der Waals surface area contributed by atoms with Crippen LogP contribution >= 0.6 is 22.9 Å². The number of hydrogen-bond acceptors (Lipinski definition) is 7. The first kappa shape index (κ1) is 14.8. The number of pyridine rings is 1. The number of thiazole rings is 1. The van der Waals surface area contributed by atoms with Gasteiger partial charge in [-0.1, -0.05) is 17.9 Å².